The molecule has 2 aromatic heterocycles. The SMILES string of the molecule is CO[C@H]1COCC1Oc1cc(NC(=O)N2CCCc3cc(CN4CCOCC4=O)c(C=O)nc32)ncc1C#N. The van der Waals surface area contributed by atoms with E-state index in [1.807, 2.05) is 12.1 Å². The molecule has 204 valence electrons. The second-order valence-electron chi connectivity index (χ2n) is 9.33. The molecule has 2 saturated heterocycles. The van der Waals surface area contributed by atoms with Gasteiger partial charge in [-0.2, -0.15) is 5.26 Å². The number of methoxy groups -OCH3 is 1. The van der Waals surface area contributed by atoms with Gasteiger partial charge in [-0.3, -0.25) is 19.8 Å². The summed E-state index contributed by atoms with van der Waals surface area (Å²) in [5.74, 6) is 0.678. The number of fused-ring (bicyclic) bond motifs is 1. The van der Waals surface area contributed by atoms with E-state index in [4.69, 9.17) is 18.9 Å². The maximum absolute atomic E-state index is 13.3. The monoisotopic (exact) mass is 536 g/mol. The number of ether oxygens (including phenoxy) is 4. The van der Waals surface area contributed by atoms with Crippen LogP contribution in [0.2, 0.25) is 0 Å². The summed E-state index contributed by atoms with van der Waals surface area (Å²) < 4.78 is 21.9. The van der Waals surface area contributed by atoms with Crippen molar-refractivity contribution in [3.8, 4) is 11.8 Å². The van der Waals surface area contributed by atoms with Gasteiger partial charge in [0.25, 0.3) is 0 Å². The molecule has 0 aromatic carbocycles. The summed E-state index contributed by atoms with van der Waals surface area (Å²) in [5.41, 5.74) is 1.82. The number of morpholine rings is 1. The molecule has 1 N–H and O–H groups in total. The number of carbonyl (C=O) groups is 3. The van der Waals surface area contributed by atoms with Crippen LogP contribution in [0.1, 0.15) is 33.6 Å². The number of aromatic nitrogens is 2. The van der Waals surface area contributed by atoms with Gasteiger partial charge in [0.1, 0.15) is 47.4 Å². The van der Waals surface area contributed by atoms with E-state index in [0.717, 1.165) is 5.56 Å². The van der Waals surface area contributed by atoms with Gasteiger partial charge in [-0.05, 0) is 24.5 Å². The largest absolute Gasteiger partial charge is 0.484 e. The minimum atomic E-state index is -0.487. The van der Waals surface area contributed by atoms with Crippen molar-refractivity contribution < 1.29 is 33.3 Å². The molecular weight excluding hydrogens is 508 g/mol. The Morgan fingerprint density at radius 3 is 2.90 bits per heavy atom. The van der Waals surface area contributed by atoms with Crippen molar-refractivity contribution in [2.45, 2.75) is 31.6 Å². The van der Waals surface area contributed by atoms with Gasteiger partial charge in [-0.15, -0.1) is 0 Å². The lowest BCUT2D eigenvalue weighted by Crippen LogP contribution is -2.42. The number of aldehydes is 1. The molecule has 0 radical (unpaired) electrons. The summed E-state index contributed by atoms with van der Waals surface area (Å²) in [6.07, 6.45) is 2.64. The number of nitrogens with zero attached hydrogens (tertiary/aromatic N) is 5. The van der Waals surface area contributed by atoms with Crippen LogP contribution in [0.15, 0.2) is 18.3 Å². The van der Waals surface area contributed by atoms with Gasteiger partial charge in [-0.25, -0.2) is 14.8 Å². The number of aryl methyl sites for hydroxylation is 1. The normalized spacial score (nSPS) is 20.8. The molecule has 2 aromatic rings. The second kappa shape index (κ2) is 11.7. The Balaban J connectivity index is 1.35. The Bertz CT molecular complexity index is 1310. The molecule has 5 heterocycles. The molecule has 13 heteroatoms. The van der Waals surface area contributed by atoms with Crippen molar-refractivity contribution in [3.05, 3.63) is 40.7 Å². The summed E-state index contributed by atoms with van der Waals surface area (Å²) in [7, 11) is 1.56. The molecule has 0 bridgehead atoms. The van der Waals surface area contributed by atoms with Crippen LogP contribution in [0.25, 0.3) is 0 Å². The first-order valence-corrected chi connectivity index (χ1v) is 12.6. The van der Waals surface area contributed by atoms with Crippen LogP contribution >= 0.6 is 0 Å². The quantitative estimate of drug-likeness (QED) is 0.512. The Kier molecular flexibility index (Phi) is 7.97. The van der Waals surface area contributed by atoms with Gasteiger partial charge in [-0.1, -0.05) is 0 Å². The predicted octanol–water partition coefficient (Wildman–Crippen LogP) is 1.30. The summed E-state index contributed by atoms with van der Waals surface area (Å²) in [6, 6.07) is 4.88. The van der Waals surface area contributed by atoms with E-state index in [-0.39, 0.29) is 48.0 Å². The fourth-order valence-electron chi connectivity index (χ4n) is 4.78. The number of pyridine rings is 2. The van der Waals surface area contributed by atoms with Gasteiger partial charge in [0.15, 0.2) is 12.4 Å². The first kappa shape index (κ1) is 26.5. The number of amides is 3. The summed E-state index contributed by atoms with van der Waals surface area (Å²) >= 11 is 0. The lowest BCUT2D eigenvalue weighted by atomic mass is 10.0. The van der Waals surface area contributed by atoms with Crippen LogP contribution in [-0.4, -0.2) is 91.9 Å². The van der Waals surface area contributed by atoms with Crippen LogP contribution in [0.5, 0.6) is 5.75 Å². The average Bonchev–Trinajstić information content (AvgIpc) is 3.40. The van der Waals surface area contributed by atoms with E-state index in [9.17, 15) is 19.6 Å². The Labute approximate surface area is 224 Å². The van der Waals surface area contributed by atoms with Crippen LogP contribution in [-0.2, 0) is 32.0 Å². The molecule has 0 saturated carbocycles. The highest BCUT2D eigenvalue weighted by molar-refractivity contribution is 6.01. The molecule has 3 aliphatic heterocycles. The van der Waals surface area contributed by atoms with Gasteiger partial charge >= 0.3 is 6.03 Å². The van der Waals surface area contributed by atoms with E-state index < -0.39 is 12.1 Å². The van der Waals surface area contributed by atoms with Crippen LogP contribution < -0.4 is 15.0 Å². The maximum atomic E-state index is 13.3. The van der Waals surface area contributed by atoms with E-state index >= 15 is 0 Å². The van der Waals surface area contributed by atoms with Crippen molar-refractivity contribution in [1.82, 2.24) is 14.9 Å². The summed E-state index contributed by atoms with van der Waals surface area (Å²) in [5, 5.41) is 12.2. The third-order valence-electron chi connectivity index (χ3n) is 6.86. The molecule has 5 rings (SSSR count). The van der Waals surface area contributed by atoms with Gasteiger partial charge < -0.3 is 23.8 Å². The molecule has 1 unspecified atom stereocenters. The lowest BCUT2D eigenvalue weighted by Gasteiger charge is -2.30. The van der Waals surface area contributed by atoms with Crippen molar-refractivity contribution in [2.75, 3.05) is 56.8 Å². The van der Waals surface area contributed by atoms with Crippen molar-refractivity contribution in [2.24, 2.45) is 0 Å². The third kappa shape index (κ3) is 5.68. The average molecular weight is 537 g/mol. The maximum Gasteiger partial charge on any atom is 0.328 e. The minimum absolute atomic E-state index is 0.0142. The molecule has 13 nitrogen and oxygen atoms in total. The number of hydrogen-bond donors (Lipinski definition) is 1. The fraction of sp³-hybridized carbons (Fsp3) is 0.462. The summed E-state index contributed by atoms with van der Waals surface area (Å²) in [4.78, 5) is 49.2. The standard InChI is InChI=1S/C26H28N6O7/c1-36-21-13-38-14-22(21)39-20-8-23(28-10-18(20)9-27)30-26(35)32-4-2-3-16-7-17(19(12-33)29-25(16)32)11-31-5-6-37-15-24(31)34/h7-8,10,12,21-22H,2-6,11,13-15H2,1H3,(H,28,30,35)/t21-,22?/m0/s1. The zero-order valence-electron chi connectivity index (χ0n) is 21.4. The van der Waals surface area contributed by atoms with Gasteiger partial charge in [0.05, 0.1) is 26.0 Å². The van der Waals surface area contributed by atoms with Crippen molar-refractivity contribution >= 4 is 29.9 Å². The van der Waals surface area contributed by atoms with E-state index in [0.29, 0.717) is 63.4 Å². The number of carbonyl (C=O) groups excluding carboxylic acids is 3. The number of nitrogens with one attached hydrogen (secondary N) is 1. The van der Waals surface area contributed by atoms with E-state index in [1.165, 1.54) is 17.2 Å². The fourth-order valence-corrected chi connectivity index (χ4v) is 4.78. The lowest BCUT2D eigenvalue weighted by molar-refractivity contribution is -0.143. The second-order valence-corrected chi connectivity index (χ2v) is 9.33. The molecule has 39 heavy (non-hydrogen) atoms. The molecule has 2 atom stereocenters. The molecule has 0 spiro atoms. The molecular formula is C26H28N6O7. The third-order valence-corrected chi connectivity index (χ3v) is 6.86. The number of anilines is 2. The Hall–Kier alpha value is -4.12. The van der Waals surface area contributed by atoms with Crippen molar-refractivity contribution in [3.63, 3.8) is 0 Å². The first-order valence-electron chi connectivity index (χ1n) is 12.6. The molecule has 2 fully saturated rings. The first-order chi connectivity index (χ1) is 19.0. The highest BCUT2D eigenvalue weighted by Crippen LogP contribution is 2.29. The zero-order chi connectivity index (χ0) is 27.4. The number of nitriles is 1. The Morgan fingerprint density at radius 2 is 2.13 bits per heavy atom. The number of rotatable bonds is 7. The van der Waals surface area contributed by atoms with E-state index in [1.54, 1.807) is 12.0 Å². The van der Waals surface area contributed by atoms with Crippen molar-refractivity contribution in [1.29, 1.82) is 5.26 Å². The minimum Gasteiger partial charge on any atom is -0.484 e. The Morgan fingerprint density at radius 1 is 1.28 bits per heavy atom. The van der Waals surface area contributed by atoms with Gasteiger partial charge in [0, 0.05) is 38.4 Å². The zero-order valence-corrected chi connectivity index (χ0v) is 21.4. The van der Waals surface area contributed by atoms with E-state index in [2.05, 4.69) is 15.3 Å². The van der Waals surface area contributed by atoms with Crippen LogP contribution in [0, 0.1) is 11.3 Å². The number of hydrogen-bond acceptors (Lipinski definition) is 10. The topological polar surface area (TPSA) is 156 Å². The molecule has 3 aliphatic rings. The highest BCUT2D eigenvalue weighted by atomic mass is 16.6. The molecule has 0 aliphatic carbocycles. The van der Waals surface area contributed by atoms with Crippen LogP contribution in [0.4, 0.5) is 16.4 Å². The summed E-state index contributed by atoms with van der Waals surface area (Å²) in [6.45, 7) is 2.21. The smallest absolute Gasteiger partial charge is 0.328 e. The predicted molar refractivity (Wildman–Crippen MR) is 136 cm³/mol. The van der Waals surface area contributed by atoms with Crippen LogP contribution in [0.3, 0.4) is 0 Å². The van der Waals surface area contributed by atoms with Gasteiger partial charge in [0.2, 0.25) is 5.91 Å². The number of urea groups is 1. The molecule has 3 amide bonds. The highest BCUT2D eigenvalue weighted by Gasteiger charge is 2.31.